The van der Waals surface area contributed by atoms with Gasteiger partial charge in [-0.2, -0.15) is 0 Å². The van der Waals surface area contributed by atoms with Gasteiger partial charge in [0, 0.05) is 36.5 Å². The molecule has 2 heterocycles. The summed E-state index contributed by atoms with van der Waals surface area (Å²) >= 11 is 7.64. The standard InChI is InChI=1S/C16H19ClN2OS/c1-2-9-19(10-12-7-8-16(17)21-12)11-14-13-5-3-4-6-15(13)20-18-14/h2,7-8H,1,3-6,9-11H2. The summed E-state index contributed by atoms with van der Waals surface area (Å²) < 4.78 is 6.33. The highest BCUT2D eigenvalue weighted by Crippen LogP contribution is 2.27. The Bertz CT molecular complexity index is 620. The highest BCUT2D eigenvalue weighted by molar-refractivity contribution is 7.16. The average Bonchev–Trinajstić information content (AvgIpc) is 3.06. The molecule has 2 aromatic rings. The van der Waals surface area contributed by atoms with Gasteiger partial charge in [0.25, 0.3) is 0 Å². The van der Waals surface area contributed by atoms with Crippen LogP contribution in [0.4, 0.5) is 0 Å². The molecule has 0 fully saturated rings. The molecule has 21 heavy (non-hydrogen) atoms. The van der Waals surface area contributed by atoms with Crippen molar-refractivity contribution >= 4 is 22.9 Å². The smallest absolute Gasteiger partial charge is 0.140 e. The Hall–Kier alpha value is -1.10. The van der Waals surface area contributed by atoms with Crippen molar-refractivity contribution in [1.29, 1.82) is 0 Å². The van der Waals surface area contributed by atoms with E-state index < -0.39 is 0 Å². The van der Waals surface area contributed by atoms with Crippen molar-refractivity contribution in [2.24, 2.45) is 0 Å². The van der Waals surface area contributed by atoms with Gasteiger partial charge >= 0.3 is 0 Å². The fourth-order valence-electron chi connectivity index (χ4n) is 2.81. The van der Waals surface area contributed by atoms with E-state index in [9.17, 15) is 0 Å². The molecule has 0 spiro atoms. The Labute approximate surface area is 134 Å². The van der Waals surface area contributed by atoms with E-state index >= 15 is 0 Å². The van der Waals surface area contributed by atoms with Gasteiger partial charge in [-0.25, -0.2) is 0 Å². The highest BCUT2D eigenvalue weighted by atomic mass is 35.5. The molecule has 0 unspecified atom stereocenters. The molecule has 0 radical (unpaired) electrons. The summed E-state index contributed by atoms with van der Waals surface area (Å²) in [5, 5.41) is 4.29. The Kier molecular flexibility index (Phi) is 4.78. The molecule has 0 atom stereocenters. The molecule has 1 aliphatic rings. The summed E-state index contributed by atoms with van der Waals surface area (Å²) in [6.45, 7) is 6.36. The van der Waals surface area contributed by atoms with Crippen molar-refractivity contribution in [3.8, 4) is 0 Å². The number of rotatable bonds is 6. The zero-order chi connectivity index (χ0) is 14.7. The lowest BCUT2D eigenvalue weighted by Crippen LogP contribution is -2.23. The summed E-state index contributed by atoms with van der Waals surface area (Å²) in [6, 6.07) is 4.03. The van der Waals surface area contributed by atoms with E-state index in [2.05, 4.69) is 22.7 Å². The minimum Gasteiger partial charge on any atom is -0.361 e. The molecule has 0 N–H and O–H groups in total. The molecule has 2 aromatic heterocycles. The molecule has 0 saturated carbocycles. The van der Waals surface area contributed by atoms with Crippen LogP contribution < -0.4 is 0 Å². The van der Waals surface area contributed by atoms with Crippen molar-refractivity contribution in [3.63, 3.8) is 0 Å². The van der Waals surface area contributed by atoms with Gasteiger partial charge < -0.3 is 4.52 Å². The number of fused-ring (bicyclic) bond motifs is 1. The summed E-state index contributed by atoms with van der Waals surface area (Å²) in [6.07, 6.45) is 6.52. The summed E-state index contributed by atoms with van der Waals surface area (Å²) in [7, 11) is 0. The maximum atomic E-state index is 6.01. The SMILES string of the molecule is C=CCN(Cc1ccc(Cl)s1)Cc1noc2c1CCCC2. The normalized spacial score (nSPS) is 14.4. The summed E-state index contributed by atoms with van der Waals surface area (Å²) in [4.78, 5) is 3.58. The second kappa shape index (κ2) is 6.77. The molecule has 0 amide bonds. The Morgan fingerprint density at radius 1 is 1.33 bits per heavy atom. The predicted octanol–water partition coefficient (Wildman–Crippen LogP) is 4.46. The fourth-order valence-corrected chi connectivity index (χ4v) is 3.94. The van der Waals surface area contributed by atoms with Crippen molar-refractivity contribution in [1.82, 2.24) is 10.1 Å². The molecule has 0 bridgehead atoms. The Morgan fingerprint density at radius 2 is 2.19 bits per heavy atom. The number of thiophene rings is 1. The molecule has 3 nitrogen and oxygen atoms in total. The van der Waals surface area contributed by atoms with Gasteiger partial charge in [0.15, 0.2) is 0 Å². The number of hydrogen-bond donors (Lipinski definition) is 0. The van der Waals surface area contributed by atoms with Gasteiger partial charge in [-0.1, -0.05) is 22.8 Å². The zero-order valence-electron chi connectivity index (χ0n) is 12.0. The monoisotopic (exact) mass is 322 g/mol. The summed E-state index contributed by atoms with van der Waals surface area (Å²) in [5.41, 5.74) is 2.42. The maximum Gasteiger partial charge on any atom is 0.140 e. The van der Waals surface area contributed by atoms with Crippen molar-refractivity contribution in [2.45, 2.75) is 38.8 Å². The van der Waals surface area contributed by atoms with Crippen molar-refractivity contribution in [2.75, 3.05) is 6.54 Å². The quantitative estimate of drug-likeness (QED) is 0.735. The van der Waals surface area contributed by atoms with Gasteiger partial charge in [-0.05, 0) is 31.4 Å². The Balaban J connectivity index is 1.72. The van der Waals surface area contributed by atoms with Gasteiger partial charge in [-0.15, -0.1) is 17.9 Å². The molecule has 0 aliphatic heterocycles. The minimum absolute atomic E-state index is 0.806. The highest BCUT2D eigenvalue weighted by Gasteiger charge is 2.20. The minimum atomic E-state index is 0.806. The number of hydrogen-bond acceptors (Lipinski definition) is 4. The number of aromatic nitrogens is 1. The lowest BCUT2D eigenvalue weighted by atomic mass is 9.96. The fraction of sp³-hybridized carbons (Fsp3) is 0.438. The first-order chi connectivity index (χ1) is 10.3. The summed E-state index contributed by atoms with van der Waals surface area (Å²) in [5.74, 6) is 1.09. The molecule has 5 heteroatoms. The van der Waals surface area contributed by atoms with Gasteiger partial charge in [0.05, 0.1) is 4.34 Å². The molecule has 0 saturated heterocycles. The molecular weight excluding hydrogens is 304 g/mol. The van der Waals surface area contributed by atoms with Crippen LogP contribution in [0.25, 0.3) is 0 Å². The maximum absolute atomic E-state index is 6.01. The lowest BCUT2D eigenvalue weighted by molar-refractivity contribution is 0.275. The zero-order valence-corrected chi connectivity index (χ0v) is 13.6. The number of halogens is 1. The van der Waals surface area contributed by atoms with Crippen molar-refractivity contribution < 1.29 is 4.52 Å². The van der Waals surface area contributed by atoms with Gasteiger partial charge in [-0.3, -0.25) is 4.90 Å². The first kappa shape index (κ1) is 14.8. The van der Waals surface area contributed by atoms with Crippen LogP contribution in [-0.4, -0.2) is 16.6 Å². The first-order valence-electron chi connectivity index (χ1n) is 7.30. The van der Waals surface area contributed by atoms with Crippen LogP contribution in [-0.2, 0) is 25.9 Å². The van der Waals surface area contributed by atoms with E-state index in [-0.39, 0.29) is 0 Å². The third kappa shape index (κ3) is 3.57. The van der Waals surface area contributed by atoms with E-state index in [1.165, 1.54) is 23.3 Å². The van der Waals surface area contributed by atoms with Crippen LogP contribution in [0.5, 0.6) is 0 Å². The number of aryl methyl sites for hydroxylation is 1. The molecular formula is C16H19ClN2OS. The van der Waals surface area contributed by atoms with Crippen molar-refractivity contribution in [3.05, 3.63) is 51.0 Å². The molecule has 112 valence electrons. The molecule has 0 aromatic carbocycles. The molecule has 3 rings (SSSR count). The van der Waals surface area contributed by atoms with Gasteiger partial charge in [0.2, 0.25) is 0 Å². The van der Waals surface area contributed by atoms with Crippen LogP contribution in [0.15, 0.2) is 29.3 Å². The van der Waals surface area contributed by atoms with E-state index in [0.29, 0.717) is 0 Å². The van der Waals surface area contributed by atoms with E-state index in [1.807, 2.05) is 12.1 Å². The lowest BCUT2D eigenvalue weighted by Gasteiger charge is -2.19. The van der Waals surface area contributed by atoms with Gasteiger partial charge in [0.1, 0.15) is 11.5 Å². The van der Waals surface area contributed by atoms with Crippen LogP contribution in [0.2, 0.25) is 4.34 Å². The van der Waals surface area contributed by atoms with Crippen LogP contribution in [0.3, 0.4) is 0 Å². The largest absolute Gasteiger partial charge is 0.361 e. The molecule has 1 aliphatic carbocycles. The Morgan fingerprint density at radius 3 is 2.95 bits per heavy atom. The first-order valence-corrected chi connectivity index (χ1v) is 8.49. The third-order valence-corrected chi connectivity index (χ3v) is 5.02. The van der Waals surface area contributed by atoms with E-state index in [1.54, 1.807) is 11.3 Å². The second-order valence-electron chi connectivity index (χ2n) is 5.40. The third-order valence-electron chi connectivity index (χ3n) is 3.80. The van der Waals surface area contributed by atoms with E-state index in [0.717, 1.165) is 48.3 Å². The number of nitrogens with zero attached hydrogens (tertiary/aromatic N) is 2. The van der Waals surface area contributed by atoms with E-state index in [4.69, 9.17) is 16.1 Å². The average molecular weight is 323 g/mol. The topological polar surface area (TPSA) is 29.3 Å². The van der Waals surface area contributed by atoms with Crippen LogP contribution in [0.1, 0.15) is 34.7 Å². The van der Waals surface area contributed by atoms with Crippen LogP contribution >= 0.6 is 22.9 Å². The second-order valence-corrected chi connectivity index (χ2v) is 7.20. The van der Waals surface area contributed by atoms with Crippen LogP contribution in [0, 0.1) is 0 Å². The predicted molar refractivity (Wildman–Crippen MR) is 86.8 cm³/mol.